The standard InChI is InChI=1S/C21H21Cl2NO.ClH/c1-2-6-20(15-7-4-3-5-8-15)24-14-19-9-10-21(25-19)16-11-17(22)13-18(23)12-16;/h3-5,7-13,20,24H,2,6,14H2,1H3;1H. The fourth-order valence-electron chi connectivity index (χ4n) is 2.91. The van der Waals surface area contributed by atoms with Crippen LogP contribution in [0, 0.1) is 0 Å². The van der Waals surface area contributed by atoms with Crippen LogP contribution in [0.25, 0.3) is 11.3 Å². The van der Waals surface area contributed by atoms with Gasteiger partial charge in [0.25, 0.3) is 0 Å². The molecule has 26 heavy (non-hydrogen) atoms. The molecule has 0 aliphatic carbocycles. The second-order valence-electron chi connectivity index (χ2n) is 6.06. The Morgan fingerprint density at radius 1 is 0.962 bits per heavy atom. The van der Waals surface area contributed by atoms with Gasteiger partial charge in [0.1, 0.15) is 11.5 Å². The molecular formula is C21H22Cl3NO. The molecule has 0 fully saturated rings. The van der Waals surface area contributed by atoms with Crippen molar-refractivity contribution in [3.8, 4) is 11.3 Å². The second kappa shape index (κ2) is 10.0. The average Bonchev–Trinajstić information content (AvgIpc) is 3.07. The van der Waals surface area contributed by atoms with Crippen molar-refractivity contribution in [2.24, 2.45) is 0 Å². The number of hydrogen-bond donors (Lipinski definition) is 1. The molecule has 1 aromatic heterocycles. The number of nitrogens with one attached hydrogen (secondary N) is 1. The molecule has 2 nitrogen and oxygen atoms in total. The maximum atomic E-state index is 6.07. The Balaban J connectivity index is 0.00000243. The number of hydrogen-bond acceptors (Lipinski definition) is 2. The Hall–Kier alpha value is -1.45. The highest BCUT2D eigenvalue weighted by atomic mass is 35.5. The SMILES string of the molecule is CCCC(NCc1ccc(-c2cc(Cl)cc(Cl)c2)o1)c1ccccc1.Cl. The Labute approximate surface area is 170 Å². The summed E-state index contributed by atoms with van der Waals surface area (Å²) in [4.78, 5) is 0. The number of furan rings is 1. The molecule has 1 atom stereocenters. The first kappa shape index (κ1) is 20.9. The minimum absolute atomic E-state index is 0. The van der Waals surface area contributed by atoms with Gasteiger partial charge in [0, 0.05) is 21.7 Å². The lowest BCUT2D eigenvalue weighted by Gasteiger charge is -2.17. The van der Waals surface area contributed by atoms with Gasteiger partial charge in [-0.15, -0.1) is 12.4 Å². The summed E-state index contributed by atoms with van der Waals surface area (Å²) >= 11 is 12.1. The quantitative estimate of drug-likeness (QED) is 0.442. The Morgan fingerprint density at radius 3 is 2.31 bits per heavy atom. The lowest BCUT2D eigenvalue weighted by atomic mass is 10.0. The maximum Gasteiger partial charge on any atom is 0.134 e. The van der Waals surface area contributed by atoms with E-state index in [1.807, 2.05) is 30.3 Å². The van der Waals surface area contributed by atoms with Gasteiger partial charge < -0.3 is 9.73 Å². The molecule has 0 bridgehead atoms. The first-order chi connectivity index (χ1) is 12.2. The van der Waals surface area contributed by atoms with E-state index >= 15 is 0 Å². The molecule has 0 spiro atoms. The predicted molar refractivity (Wildman–Crippen MR) is 112 cm³/mol. The first-order valence-electron chi connectivity index (χ1n) is 8.49. The summed E-state index contributed by atoms with van der Waals surface area (Å²) in [6, 6.07) is 20.2. The summed E-state index contributed by atoms with van der Waals surface area (Å²) in [5, 5.41) is 4.80. The molecule has 0 aliphatic rings. The summed E-state index contributed by atoms with van der Waals surface area (Å²) in [7, 11) is 0. The molecule has 3 aromatic rings. The topological polar surface area (TPSA) is 25.2 Å². The van der Waals surface area contributed by atoms with Crippen LogP contribution in [0.15, 0.2) is 65.1 Å². The largest absolute Gasteiger partial charge is 0.460 e. The number of halogens is 3. The van der Waals surface area contributed by atoms with Crippen LogP contribution in [0.4, 0.5) is 0 Å². The van der Waals surface area contributed by atoms with Crippen LogP contribution in [-0.2, 0) is 6.54 Å². The normalized spacial score (nSPS) is 11.8. The van der Waals surface area contributed by atoms with E-state index in [-0.39, 0.29) is 12.4 Å². The average molecular weight is 411 g/mol. The van der Waals surface area contributed by atoms with Crippen molar-refractivity contribution >= 4 is 35.6 Å². The van der Waals surface area contributed by atoms with E-state index in [2.05, 4.69) is 36.5 Å². The van der Waals surface area contributed by atoms with Gasteiger partial charge >= 0.3 is 0 Å². The molecule has 0 saturated heterocycles. The fourth-order valence-corrected chi connectivity index (χ4v) is 3.43. The monoisotopic (exact) mass is 409 g/mol. The molecule has 2 aromatic carbocycles. The molecule has 1 unspecified atom stereocenters. The number of benzene rings is 2. The van der Waals surface area contributed by atoms with Crippen LogP contribution in [0.1, 0.15) is 37.1 Å². The van der Waals surface area contributed by atoms with Gasteiger partial charge in [-0.2, -0.15) is 0 Å². The van der Waals surface area contributed by atoms with E-state index in [4.69, 9.17) is 27.6 Å². The van der Waals surface area contributed by atoms with Crippen molar-refractivity contribution < 1.29 is 4.42 Å². The van der Waals surface area contributed by atoms with Gasteiger partial charge in [0.2, 0.25) is 0 Å². The molecule has 0 radical (unpaired) electrons. The van der Waals surface area contributed by atoms with Crippen molar-refractivity contribution in [1.82, 2.24) is 5.32 Å². The third-order valence-corrected chi connectivity index (χ3v) is 4.55. The van der Waals surface area contributed by atoms with Gasteiger partial charge in [0.15, 0.2) is 0 Å². The van der Waals surface area contributed by atoms with Crippen LogP contribution >= 0.6 is 35.6 Å². The van der Waals surface area contributed by atoms with E-state index in [1.165, 1.54) is 5.56 Å². The molecule has 1 N–H and O–H groups in total. The number of rotatable bonds is 7. The Morgan fingerprint density at radius 2 is 1.65 bits per heavy atom. The Kier molecular flexibility index (Phi) is 8.05. The summed E-state index contributed by atoms with van der Waals surface area (Å²) in [5.41, 5.74) is 2.19. The highest BCUT2D eigenvalue weighted by Crippen LogP contribution is 2.29. The van der Waals surface area contributed by atoms with E-state index in [9.17, 15) is 0 Å². The van der Waals surface area contributed by atoms with E-state index in [0.29, 0.717) is 22.6 Å². The van der Waals surface area contributed by atoms with Crippen molar-refractivity contribution in [2.45, 2.75) is 32.4 Å². The van der Waals surface area contributed by atoms with Crippen LogP contribution in [0.5, 0.6) is 0 Å². The molecule has 0 aliphatic heterocycles. The van der Waals surface area contributed by atoms with Crippen molar-refractivity contribution in [3.63, 3.8) is 0 Å². The van der Waals surface area contributed by atoms with Crippen molar-refractivity contribution in [3.05, 3.63) is 82.0 Å². The van der Waals surface area contributed by atoms with Crippen LogP contribution in [0.2, 0.25) is 10.0 Å². The third kappa shape index (κ3) is 5.52. The predicted octanol–water partition coefficient (Wildman–Crippen LogP) is 7.31. The van der Waals surface area contributed by atoms with Crippen molar-refractivity contribution in [2.75, 3.05) is 0 Å². The lowest BCUT2D eigenvalue weighted by Crippen LogP contribution is -2.20. The van der Waals surface area contributed by atoms with E-state index in [1.54, 1.807) is 6.07 Å². The minimum Gasteiger partial charge on any atom is -0.460 e. The summed E-state index contributed by atoms with van der Waals surface area (Å²) in [5.74, 6) is 1.66. The van der Waals surface area contributed by atoms with Crippen LogP contribution in [-0.4, -0.2) is 0 Å². The third-order valence-electron chi connectivity index (χ3n) is 4.11. The molecule has 3 rings (SSSR count). The molecule has 1 heterocycles. The highest BCUT2D eigenvalue weighted by Gasteiger charge is 2.12. The molecule has 138 valence electrons. The van der Waals surface area contributed by atoms with Crippen LogP contribution in [0.3, 0.4) is 0 Å². The van der Waals surface area contributed by atoms with E-state index in [0.717, 1.165) is 29.9 Å². The van der Waals surface area contributed by atoms with Crippen LogP contribution < -0.4 is 5.32 Å². The van der Waals surface area contributed by atoms with Gasteiger partial charge in [-0.3, -0.25) is 0 Å². The lowest BCUT2D eigenvalue weighted by molar-refractivity contribution is 0.439. The van der Waals surface area contributed by atoms with Gasteiger partial charge in [-0.25, -0.2) is 0 Å². The molecule has 5 heteroatoms. The van der Waals surface area contributed by atoms with Gasteiger partial charge in [-0.1, -0.05) is 66.9 Å². The second-order valence-corrected chi connectivity index (χ2v) is 6.93. The van der Waals surface area contributed by atoms with E-state index < -0.39 is 0 Å². The molecule has 0 amide bonds. The summed E-state index contributed by atoms with van der Waals surface area (Å²) in [6.07, 6.45) is 2.21. The molecule has 0 saturated carbocycles. The minimum atomic E-state index is 0. The zero-order valence-corrected chi connectivity index (χ0v) is 16.9. The highest BCUT2D eigenvalue weighted by molar-refractivity contribution is 6.35. The maximum absolute atomic E-state index is 6.07. The van der Waals surface area contributed by atoms with Gasteiger partial charge in [0.05, 0.1) is 6.54 Å². The Bertz CT molecular complexity index is 797. The summed E-state index contributed by atoms with van der Waals surface area (Å²) < 4.78 is 5.96. The first-order valence-corrected chi connectivity index (χ1v) is 9.25. The zero-order chi connectivity index (χ0) is 17.6. The van der Waals surface area contributed by atoms with Gasteiger partial charge in [-0.05, 0) is 42.3 Å². The van der Waals surface area contributed by atoms with Crippen molar-refractivity contribution in [1.29, 1.82) is 0 Å². The fraction of sp³-hybridized carbons (Fsp3) is 0.238. The smallest absolute Gasteiger partial charge is 0.134 e. The zero-order valence-electron chi connectivity index (χ0n) is 14.5. The molecular weight excluding hydrogens is 389 g/mol. The summed E-state index contributed by atoms with van der Waals surface area (Å²) in [6.45, 7) is 2.87.